The van der Waals surface area contributed by atoms with Crippen molar-refractivity contribution in [2.75, 3.05) is 13.7 Å². The second kappa shape index (κ2) is 5.16. The smallest absolute Gasteiger partial charge is 0.339 e. The maximum absolute atomic E-state index is 11.4. The zero-order valence-corrected chi connectivity index (χ0v) is 10.6. The lowest BCUT2D eigenvalue weighted by Crippen LogP contribution is -2.04. The van der Waals surface area contributed by atoms with E-state index in [9.17, 15) is 4.79 Å². The third-order valence-electron chi connectivity index (χ3n) is 1.97. The first-order valence-electron chi connectivity index (χ1n) is 4.61. The summed E-state index contributed by atoms with van der Waals surface area (Å²) < 4.78 is 10.8. The van der Waals surface area contributed by atoms with Crippen molar-refractivity contribution in [2.45, 2.75) is 13.8 Å². The average molecular weight is 273 g/mol. The summed E-state index contributed by atoms with van der Waals surface area (Å²) >= 11 is 3.32. The molecule has 0 amide bonds. The van der Waals surface area contributed by atoms with Crippen molar-refractivity contribution in [3.05, 3.63) is 27.7 Å². The summed E-state index contributed by atoms with van der Waals surface area (Å²) in [6, 6.07) is 3.53. The Kier molecular flexibility index (Phi) is 4.15. The largest absolute Gasteiger partial charge is 0.494 e. The van der Waals surface area contributed by atoms with Gasteiger partial charge in [-0.15, -0.1) is 0 Å². The number of carbonyl (C=O) groups is 1. The van der Waals surface area contributed by atoms with Crippen molar-refractivity contribution in [1.82, 2.24) is 0 Å². The summed E-state index contributed by atoms with van der Waals surface area (Å²) in [6.45, 7) is 4.40. The maximum atomic E-state index is 11.4. The number of hydrogen-bond donors (Lipinski definition) is 0. The number of aryl methyl sites for hydroxylation is 1. The summed E-state index contributed by atoms with van der Waals surface area (Å²) in [7, 11) is 1.36. The van der Waals surface area contributed by atoms with Crippen LogP contribution in [0.25, 0.3) is 0 Å². The zero-order valence-electron chi connectivity index (χ0n) is 8.96. The molecule has 0 aliphatic heterocycles. The number of carbonyl (C=O) groups excluding carboxylic acids is 1. The molecule has 0 aliphatic carbocycles. The lowest BCUT2D eigenvalue weighted by molar-refractivity contribution is 0.0599. The molecule has 1 aromatic rings. The quantitative estimate of drug-likeness (QED) is 0.794. The Labute approximate surface area is 97.5 Å². The predicted octanol–water partition coefficient (Wildman–Crippen LogP) is 2.94. The van der Waals surface area contributed by atoms with Crippen molar-refractivity contribution >= 4 is 21.9 Å². The van der Waals surface area contributed by atoms with E-state index in [2.05, 4.69) is 20.7 Å². The van der Waals surface area contributed by atoms with Gasteiger partial charge in [0.25, 0.3) is 0 Å². The van der Waals surface area contributed by atoms with Gasteiger partial charge in [-0.2, -0.15) is 0 Å². The Morgan fingerprint density at radius 1 is 1.47 bits per heavy atom. The fraction of sp³-hybridized carbons (Fsp3) is 0.364. The van der Waals surface area contributed by atoms with E-state index in [1.54, 1.807) is 6.07 Å². The van der Waals surface area contributed by atoms with Crippen LogP contribution < -0.4 is 4.74 Å². The van der Waals surface area contributed by atoms with E-state index in [4.69, 9.17) is 4.74 Å². The third-order valence-corrected chi connectivity index (χ3v) is 2.63. The molecule has 4 heteroatoms. The maximum Gasteiger partial charge on any atom is 0.339 e. The van der Waals surface area contributed by atoms with Gasteiger partial charge in [0.15, 0.2) is 0 Å². The van der Waals surface area contributed by atoms with Gasteiger partial charge in [0.1, 0.15) is 5.75 Å². The molecule has 0 spiro atoms. The highest BCUT2D eigenvalue weighted by Gasteiger charge is 2.13. The molecule has 0 bridgehead atoms. The fourth-order valence-corrected chi connectivity index (χ4v) is 1.85. The molecule has 0 aliphatic rings. The molecular formula is C11H13BrO3. The van der Waals surface area contributed by atoms with Crippen molar-refractivity contribution in [3.8, 4) is 5.75 Å². The van der Waals surface area contributed by atoms with E-state index >= 15 is 0 Å². The Balaban J connectivity index is 3.17. The first kappa shape index (κ1) is 12.0. The van der Waals surface area contributed by atoms with Crippen molar-refractivity contribution in [3.63, 3.8) is 0 Å². The molecular weight excluding hydrogens is 260 g/mol. The molecule has 0 atom stereocenters. The molecule has 82 valence electrons. The van der Waals surface area contributed by atoms with Crippen molar-refractivity contribution in [2.24, 2.45) is 0 Å². The van der Waals surface area contributed by atoms with Gasteiger partial charge in [0.05, 0.1) is 19.3 Å². The van der Waals surface area contributed by atoms with Gasteiger partial charge in [-0.1, -0.05) is 0 Å². The van der Waals surface area contributed by atoms with Crippen LogP contribution in [0.15, 0.2) is 16.6 Å². The van der Waals surface area contributed by atoms with Gasteiger partial charge in [-0.3, -0.25) is 0 Å². The molecule has 1 rings (SSSR count). The van der Waals surface area contributed by atoms with Crippen LogP contribution in [0.5, 0.6) is 5.75 Å². The molecule has 1 aromatic carbocycles. The monoisotopic (exact) mass is 272 g/mol. The highest BCUT2D eigenvalue weighted by Crippen LogP contribution is 2.27. The number of esters is 1. The Hall–Kier alpha value is -1.03. The molecule has 3 nitrogen and oxygen atoms in total. The minimum Gasteiger partial charge on any atom is -0.494 e. The van der Waals surface area contributed by atoms with Crippen LogP contribution >= 0.6 is 15.9 Å². The van der Waals surface area contributed by atoms with Gasteiger partial charge >= 0.3 is 5.97 Å². The standard InChI is InChI=1S/C11H13BrO3/c1-4-15-10-6-8(11(13)14-3)9(12)5-7(10)2/h5-6H,4H2,1-3H3. The van der Waals surface area contributed by atoms with Gasteiger partial charge in [-0.25, -0.2) is 4.79 Å². The molecule has 0 aromatic heterocycles. The van der Waals surface area contributed by atoms with Crippen LogP contribution in [-0.2, 0) is 4.74 Å². The number of ether oxygens (including phenoxy) is 2. The molecule has 0 radical (unpaired) electrons. The zero-order chi connectivity index (χ0) is 11.4. The lowest BCUT2D eigenvalue weighted by Gasteiger charge is -2.10. The molecule has 0 saturated heterocycles. The van der Waals surface area contributed by atoms with E-state index in [0.717, 1.165) is 10.0 Å². The normalized spacial score (nSPS) is 9.87. The van der Waals surface area contributed by atoms with Crippen molar-refractivity contribution in [1.29, 1.82) is 0 Å². The predicted molar refractivity (Wildman–Crippen MR) is 61.4 cm³/mol. The molecule has 0 heterocycles. The SMILES string of the molecule is CCOc1cc(C(=O)OC)c(Br)cc1C. The number of halogens is 1. The van der Waals surface area contributed by atoms with Crippen LogP contribution in [0.1, 0.15) is 22.8 Å². The molecule has 0 fully saturated rings. The van der Waals surface area contributed by atoms with E-state index in [1.807, 2.05) is 19.9 Å². The molecule has 0 unspecified atom stereocenters. The van der Waals surface area contributed by atoms with Crippen LogP contribution in [0.2, 0.25) is 0 Å². The Morgan fingerprint density at radius 2 is 2.13 bits per heavy atom. The van der Waals surface area contributed by atoms with Crippen LogP contribution in [-0.4, -0.2) is 19.7 Å². The van der Waals surface area contributed by atoms with E-state index in [1.165, 1.54) is 7.11 Å². The van der Waals surface area contributed by atoms with Gasteiger partial charge in [-0.05, 0) is 47.5 Å². The van der Waals surface area contributed by atoms with Crippen LogP contribution in [0.3, 0.4) is 0 Å². The second-order valence-corrected chi connectivity index (χ2v) is 3.88. The van der Waals surface area contributed by atoms with Crippen LogP contribution in [0, 0.1) is 6.92 Å². The highest BCUT2D eigenvalue weighted by atomic mass is 79.9. The minimum absolute atomic E-state index is 0.372. The summed E-state index contributed by atoms with van der Waals surface area (Å²) in [5.74, 6) is 0.337. The second-order valence-electron chi connectivity index (χ2n) is 3.02. The topological polar surface area (TPSA) is 35.5 Å². The summed E-state index contributed by atoms with van der Waals surface area (Å²) in [6.07, 6.45) is 0. The summed E-state index contributed by atoms with van der Waals surface area (Å²) in [5.41, 5.74) is 1.46. The number of rotatable bonds is 3. The summed E-state index contributed by atoms with van der Waals surface area (Å²) in [5, 5.41) is 0. The Bertz CT molecular complexity index is 374. The fourth-order valence-electron chi connectivity index (χ4n) is 1.23. The molecule has 0 saturated carbocycles. The number of benzene rings is 1. The van der Waals surface area contributed by atoms with E-state index < -0.39 is 0 Å². The van der Waals surface area contributed by atoms with E-state index in [-0.39, 0.29) is 5.97 Å². The van der Waals surface area contributed by atoms with Gasteiger partial charge in [0, 0.05) is 4.47 Å². The average Bonchev–Trinajstić information content (AvgIpc) is 2.21. The molecule has 0 N–H and O–H groups in total. The summed E-state index contributed by atoms with van der Waals surface area (Å²) in [4.78, 5) is 11.4. The number of hydrogen-bond acceptors (Lipinski definition) is 3. The van der Waals surface area contributed by atoms with Crippen LogP contribution in [0.4, 0.5) is 0 Å². The van der Waals surface area contributed by atoms with Crippen molar-refractivity contribution < 1.29 is 14.3 Å². The van der Waals surface area contributed by atoms with E-state index in [0.29, 0.717) is 17.9 Å². The first-order chi connectivity index (χ1) is 7.10. The highest BCUT2D eigenvalue weighted by molar-refractivity contribution is 9.10. The minimum atomic E-state index is -0.372. The lowest BCUT2D eigenvalue weighted by atomic mass is 10.1. The molecule has 15 heavy (non-hydrogen) atoms. The number of methoxy groups -OCH3 is 1. The Morgan fingerprint density at radius 3 is 2.67 bits per heavy atom. The van der Waals surface area contributed by atoms with Gasteiger partial charge < -0.3 is 9.47 Å². The van der Waals surface area contributed by atoms with Gasteiger partial charge in [0.2, 0.25) is 0 Å². The third kappa shape index (κ3) is 2.72. The first-order valence-corrected chi connectivity index (χ1v) is 5.40.